The minimum Gasteiger partial charge on any atom is -0.393 e. The summed E-state index contributed by atoms with van der Waals surface area (Å²) in [5.41, 5.74) is 2.96. The lowest BCUT2D eigenvalue weighted by atomic mass is 9.83. The molecule has 2 aromatic rings. The van der Waals surface area contributed by atoms with Crippen molar-refractivity contribution in [3.05, 3.63) is 41.8 Å². The Labute approximate surface area is 142 Å². The number of nitrogens with one attached hydrogen (secondary N) is 2. The summed E-state index contributed by atoms with van der Waals surface area (Å²) in [6, 6.07) is 6.44. The van der Waals surface area contributed by atoms with Gasteiger partial charge in [0.05, 0.1) is 18.0 Å². The van der Waals surface area contributed by atoms with Gasteiger partial charge in [0, 0.05) is 17.7 Å². The van der Waals surface area contributed by atoms with Crippen molar-refractivity contribution in [3.8, 4) is 11.3 Å². The Morgan fingerprint density at radius 1 is 1.21 bits per heavy atom. The number of nitrogens with zero attached hydrogens (tertiary/aromatic N) is 1. The number of hydrogen-bond donors (Lipinski definition) is 3. The number of halogens is 1. The van der Waals surface area contributed by atoms with Gasteiger partial charge in [-0.05, 0) is 62.4 Å². The van der Waals surface area contributed by atoms with Crippen molar-refractivity contribution in [2.75, 3.05) is 6.54 Å². The summed E-state index contributed by atoms with van der Waals surface area (Å²) in [5, 5.41) is 20.6. The molecule has 2 atom stereocenters. The zero-order valence-corrected chi connectivity index (χ0v) is 14.0. The fourth-order valence-corrected chi connectivity index (χ4v) is 3.55. The van der Waals surface area contributed by atoms with Crippen LogP contribution < -0.4 is 5.32 Å². The molecule has 130 valence electrons. The quantitative estimate of drug-likeness (QED) is 0.679. The van der Waals surface area contributed by atoms with Crippen LogP contribution in [0.5, 0.6) is 0 Å². The first kappa shape index (κ1) is 17.1. The van der Waals surface area contributed by atoms with Crippen LogP contribution >= 0.6 is 0 Å². The average molecular weight is 331 g/mol. The topological polar surface area (TPSA) is 60.9 Å². The van der Waals surface area contributed by atoms with Gasteiger partial charge in [0.15, 0.2) is 0 Å². The second kappa shape index (κ2) is 8.40. The highest BCUT2D eigenvalue weighted by Gasteiger charge is 2.22. The van der Waals surface area contributed by atoms with Gasteiger partial charge in [-0.25, -0.2) is 4.39 Å². The van der Waals surface area contributed by atoms with E-state index >= 15 is 0 Å². The molecule has 1 aliphatic carbocycles. The van der Waals surface area contributed by atoms with Crippen LogP contribution in [0.3, 0.4) is 0 Å². The van der Waals surface area contributed by atoms with E-state index in [1.165, 1.54) is 25.0 Å². The first-order valence-corrected chi connectivity index (χ1v) is 8.91. The number of aliphatic hydroxyl groups excluding tert-OH is 1. The third-order valence-electron chi connectivity index (χ3n) is 4.96. The summed E-state index contributed by atoms with van der Waals surface area (Å²) in [5.74, 6) is 0.243. The van der Waals surface area contributed by atoms with Crippen LogP contribution in [0.15, 0.2) is 30.5 Å². The van der Waals surface area contributed by atoms with Gasteiger partial charge < -0.3 is 10.4 Å². The Morgan fingerprint density at radius 3 is 2.79 bits per heavy atom. The molecule has 1 heterocycles. The summed E-state index contributed by atoms with van der Waals surface area (Å²) in [6.07, 6.45) is 8.43. The molecule has 1 aromatic heterocycles. The van der Waals surface area contributed by atoms with Crippen molar-refractivity contribution >= 4 is 0 Å². The maximum absolute atomic E-state index is 13.0. The number of aromatic amines is 1. The van der Waals surface area contributed by atoms with E-state index in [9.17, 15) is 9.50 Å². The van der Waals surface area contributed by atoms with E-state index in [0.29, 0.717) is 5.92 Å². The standard InChI is InChI=1S/C19H26FN3O/c20-17-9-7-15(8-10-17)19-16(13-22-23-19)12-21-11-3-5-14-4-1-2-6-18(14)24/h7-10,13-14,18,21,24H,1-6,11-12H2,(H,22,23). The molecular weight excluding hydrogens is 305 g/mol. The second-order valence-corrected chi connectivity index (χ2v) is 6.71. The maximum atomic E-state index is 13.0. The van der Waals surface area contributed by atoms with Crippen LogP contribution in [0.2, 0.25) is 0 Å². The van der Waals surface area contributed by atoms with Crippen LogP contribution in [0, 0.1) is 11.7 Å². The van der Waals surface area contributed by atoms with E-state index in [2.05, 4.69) is 15.5 Å². The normalized spacial score (nSPS) is 21.1. The maximum Gasteiger partial charge on any atom is 0.123 e. The van der Waals surface area contributed by atoms with Crippen molar-refractivity contribution < 1.29 is 9.50 Å². The largest absolute Gasteiger partial charge is 0.393 e. The molecule has 0 bridgehead atoms. The molecule has 4 nitrogen and oxygen atoms in total. The van der Waals surface area contributed by atoms with Crippen molar-refractivity contribution in [3.63, 3.8) is 0 Å². The summed E-state index contributed by atoms with van der Waals surface area (Å²) in [7, 11) is 0. The van der Waals surface area contributed by atoms with Crippen LogP contribution in [0.4, 0.5) is 4.39 Å². The van der Waals surface area contributed by atoms with Crippen LogP contribution in [0.25, 0.3) is 11.3 Å². The Kier molecular flexibility index (Phi) is 5.99. The van der Waals surface area contributed by atoms with Crippen molar-refractivity contribution in [2.45, 2.75) is 51.2 Å². The van der Waals surface area contributed by atoms with Gasteiger partial charge in [-0.15, -0.1) is 0 Å². The SMILES string of the molecule is OC1CCCCC1CCCNCc1cn[nH]c1-c1ccc(F)cc1. The van der Waals surface area contributed by atoms with Crippen LogP contribution in [-0.2, 0) is 6.54 Å². The van der Waals surface area contributed by atoms with Gasteiger partial charge in [-0.2, -0.15) is 5.10 Å². The van der Waals surface area contributed by atoms with Crippen LogP contribution in [0.1, 0.15) is 44.1 Å². The molecule has 1 fully saturated rings. The highest BCUT2D eigenvalue weighted by Crippen LogP contribution is 2.27. The average Bonchev–Trinajstić information content (AvgIpc) is 3.05. The second-order valence-electron chi connectivity index (χ2n) is 6.71. The van der Waals surface area contributed by atoms with Gasteiger partial charge in [-0.3, -0.25) is 5.10 Å². The number of aromatic nitrogens is 2. The van der Waals surface area contributed by atoms with E-state index in [1.54, 1.807) is 12.1 Å². The monoisotopic (exact) mass is 331 g/mol. The fraction of sp³-hybridized carbons (Fsp3) is 0.526. The molecule has 0 spiro atoms. The van der Waals surface area contributed by atoms with E-state index in [-0.39, 0.29) is 11.9 Å². The van der Waals surface area contributed by atoms with Crippen LogP contribution in [-0.4, -0.2) is 28.0 Å². The minimum atomic E-state index is -0.233. The van der Waals surface area contributed by atoms with E-state index in [0.717, 1.165) is 55.6 Å². The van der Waals surface area contributed by atoms with Crippen molar-refractivity contribution in [1.29, 1.82) is 0 Å². The van der Waals surface area contributed by atoms with Gasteiger partial charge >= 0.3 is 0 Å². The molecule has 0 aliphatic heterocycles. The first-order valence-electron chi connectivity index (χ1n) is 8.91. The molecule has 2 unspecified atom stereocenters. The molecule has 1 saturated carbocycles. The van der Waals surface area contributed by atoms with Gasteiger partial charge in [0.1, 0.15) is 5.82 Å². The third kappa shape index (κ3) is 4.42. The molecule has 0 amide bonds. The summed E-state index contributed by atoms with van der Waals surface area (Å²) in [6.45, 7) is 1.66. The summed E-state index contributed by atoms with van der Waals surface area (Å²) >= 11 is 0. The predicted molar refractivity (Wildman–Crippen MR) is 92.9 cm³/mol. The predicted octanol–water partition coefficient (Wildman–Crippen LogP) is 3.64. The summed E-state index contributed by atoms with van der Waals surface area (Å²) in [4.78, 5) is 0. The lowest BCUT2D eigenvalue weighted by Gasteiger charge is -2.27. The number of benzene rings is 1. The van der Waals surface area contributed by atoms with Gasteiger partial charge in [0.2, 0.25) is 0 Å². The molecule has 0 radical (unpaired) electrons. The minimum absolute atomic E-state index is 0.0993. The Hall–Kier alpha value is -1.72. The van der Waals surface area contributed by atoms with Gasteiger partial charge in [0.25, 0.3) is 0 Å². The van der Waals surface area contributed by atoms with Crippen molar-refractivity contribution in [1.82, 2.24) is 15.5 Å². The van der Waals surface area contributed by atoms with E-state index < -0.39 is 0 Å². The number of H-pyrrole nitrogens is 1. The lowest BCUT2D eigenvalue weighted by molar-refractivity contribution is 0.0643. The zero-order chi connectivity index (χ0) is 16.8. The highest BCUT2D eigenvalue weighted by atomic mass is 19.1. The molecule has 3 N–H and O–H groups in total. The van der Waals surface area contributed by atoms with Crippen molar-refractivity contribution in [2.24, 2.45) is 5.92 Å². The Bertz CT molecular complexity index is 626. The fourth-order valence-electron chi connectivity index (χ4n) is 3.55. The summed E-state index contributed by atoms with van der Waals surface area (Å²) < 4.78 is 13.0. The van der Waals surface area contributed by atoms with E-state index in [4.69, 9.17) is 0 Å². The number of aliphatic hydroxyl groups is 1. The number of hydrogen-bond acceptors (Lipinski definition) is 3. The lowest BCUT2D eigenvalue weighted by Crippen LogP contribution is -2.25. The Balaban J connectivity index is 1.44. The molecule has 3 rings (SSSR count). The molecule has 24 heavy (non-hydrogen) atoms. The zero-order valence-electron chi connectivity index (χ0n) is 14.0. The Morgan fingerprint density at radius 2 is 2.00 bits per heavy atom. The molecular formula is C19H26FN3O. The molecule has 5 heteroatoms. The first-order chi connectivity index (χ1) is 11.7. The third-order valence-corrected chi connectivity index (χ3v) is 4.96. The van der Waals surface area contributed by atoms with E-state index in [1.807, 2.05) is 6.20 Å². The molecule has 1 aromatic carbocycles. The smallest absolute Gasteiger partial charge is 0.123 e. The molecule has 1 aliphatic rings. The highest BCUT2D eigenvalue weighted by molar-refractivity contribution is 5.62. The van der Waals surface area contributed by atoms with Gasteiger partial charge in [-0.1, -0.05) is 12.8 Å². The number of rotatable bonds is 7. The molecule has 0 saturated heterocycles.